The average Bonchev–Trinajstić information content (AvgIpc) is 3.41. The van der Waals surface area contributed by atoms with Crippen LogP contribution in [0.5, 0.6) is 0 Å². The summed E-state index contributed by atoms with van der Waals surface area (Å²) < 4.78 is 29.3. The highest BCUT2D eigenvalue weighted by Gasteiger charge is 2.32. The number of halogens is 2. The van der Waals surface area contributed by atoms with E-state index in [9.17, 15) is 13.6 Å². The van der Waals surface area contributed by atoms with Crippen LogP contribution in [0.15, 0.2) is 24.4 Å². The molecule has 166 valence electrons. The van der Waals surface area contributed by atoms with Crippen molar-refractivity contribution in [2.75, 3.05) is 39.3 Å². The largest absolute Gasteiger partial charge is 0.333 e. The number of amides is 2. The molecule has 0 spiro atoms. The minimum Gasteiger partial charge on any atom is -0.333 e. The van der Waals surface area contributed by atoms with Gasteiger partial charge in [-0.15, -0.1) is 0 Å². The molecule has 3 aliphatic heterocycles. The highest BCUT2D eigenvalue weighted by atomic mass is 19.1. The fourth-order valence-corrected chi connectivity index (χ4v) is 4.93. The maximum Gasteiger partial charge on any atom is 0.317 e. The summed E-state index contributed by atoms with van der Waals surface area (Å²) >= 11 is 0. The minimum atomic E-state index is -0.617. The van der Waals surface area contributed by atoms with E-state index >= 15 is 0 Å². The summed E-state index contributed by atoms with van der Waals surface area (Å²) in [4.78, 5) is 21.8. The Morgan fingerprint density at radius 1 is 1.13 bits per heavy atom. The molecule has 31 heavy (non-hydrogen) atoms. The Hall–Kier alpha value is -2.52. The molecular formula is C22H28F2N6O. The molecule has 2 fully saturated rings. The van der Waals surface area contributed by atoms with E-state index in [1.54, 1.807) is 6.20 Å². The Morgan fingerprint density at radius 3 is 2.77 bits per heavy atom. The van der Waals surface area contributed by atoms with Crippen LogP contribution in [-0.4, -0.2) is 76.7 Å². The van der Waals surface area contributed by atoms with E-state index in [1.165, 1.54) is 12.1 Å². The maximum atomic E-state index is 14.1. The first-order valence-corrected chi connectivity index (χ1v) is 11.1. The van der Waals surface area contributed by atoms with Crippen molar-refractivity contribution in [3.8, 4) is 11.3 Å². The molecule has 0 aliphatic carbocycles. The first kappa shape index (κ1) is 20.4. The summed E-state index contributed by atoms with van der Waals surface area (Å²) in [6.45, 7) is 6.29. The first-order valence-electron chi connectivity index (χ1n) is 11.1. The molecule has 4 heterocycles. The number of nitrogens with one attached hydrogen (secondary N) is 2. The van der Waals surface area contributed by atoms with E-state index in [4.69, 9.17) is 0 Å². The Morgan fingerprint density at radius 2 is 1.97 bits per heavy atom. The highest BCUT2D eigenvalue weighted by molar-refractivity contribution is 5.75. The first-order chi connectivity index (χ1) is 15.1. The summed E-state index contributed by atoms with van der Waals surface area (Å²) in [5, 5.41) is 6.55. The topological polar surface area (TPSA) is 65.4 Å². The van der Waals surface area contributed by atoms with Gasteiger partial charge in [-0.3, -0.25) is 4.90 Å². The van der Waals surface area contributed by atoms with Gasteiger partial charge in [0.2, 0.25) is 0 Å². The van der Waals surface area contributed by atoms with Crippen LogP contribution >= 0.6 is 0 Å². The summed E-state index contributed by atoms with van der Waals surface area (Å²) in [7, 11) is 0. The van der Waals surface area contributed by atoms with Crippen LogP contribution in [0.2, 0.25) is 0 Å². The van der Waals surface area contributed by atoms with Crippen LogP contribution in [0.4, 0.5) is 13.6 Å². The number of aryl methyl sites for hydroxylation is 1. The molecule has 1 aromatic heterocycles. The molecule has 2 saturated heterocycles. The summed E-state index contributed by atoms with van der Waals surface area (Å²) in [6.07, 6.45) is 4.32. The highest BCUT2D eigenvalue weighted by Crippen LogP contribution is 2.26. The Balaban J connectivity index is 1.19. The molecule has 2 aromatic rings. The number of piperazine rings is 1. The molecule has 1 aromatic carbocycles. The summed E-state index contributed by atoms with van der Waals surface area (Å²) in [5.74, 6) is -0.355. The van der Waals surface area contributed by atoms with E-state index in [-0.39, 0.29) is 12.1 Å². The van der Waals surface area contributed by atoms with Crippen molar-refractivity contribution in [1.82, 2.24) is 30.0 Å². The lowest BCUT2D eigenvalue weighted by atomic mass is 10.1. The van der Waals surface area contributed by atoms with Crippen molar-refractivity contribution in [2.45, 2.75) is 37.9 Å². The van der Waals surface area contributed by atoms with Crippen LogP contribution in [0.3, 0.4) is 0 Å². The number of carbonyl (C=O) groups excluding carboxylic acids is 1. The van der Waals surface area contributed by atoms with Gasteiger partial charge in [-0.1, -0.05) is 0 Å². The smallest absolute Gasteiger partial charge is 0.317 e. The molecule has 0 radical (unpaired) electrons. The third kappa shape index (κ3) is 4.29. The summed E-state index contributed by atoms with van der Waals surface area (Å²) in [6, 6.07) is 3.99. The second-order valence-electron chi connectivity index (χ2n) is 8.68. The second kappa shape index (κ2) is 8.55. The van der Waals surface area contributed by atoms with Crippen molar-refractivity contribution in [3.63, 3.8) is 0 Å². The van der Waals surface area contributed by atoms with E-state index in [0.717, 1.165) is 64.0 Å². The molecule has 2 unspecified atom stereocenters. The molecular weight excluding hydrogens is 402 g/mol. The normalized spacial score (nSPS) is 24.3. The zero-order valence-corrected chi connectivity index (χ0v) is 17.5. The molecule has 7 nitrogen and oxygen atoms in total. The minimum absolute atomic E-state index is 0.00370. The van der Waals surface area contributed by atoms with Crippen molar-refractivity contribution in [1.29, 1.82) is 0 Å². The number of fused-ring (bicyclic) bond motifs is 1. The standard InChI is InChI=1S/C22H28F2N6O/c23-15-1-3-18(19(24)11-15)20-14-30-12-16(2-4-21(30)27-20)26-22(31)29-8-5-17(13-29)28-9-6-25-7-10-28/h1,3,11,14,16-17,25H,2,4-10,12-13H2,(H,26,31). The number of rotatable bonds is 3. The maximum absolute atomic E-state index is 14.1. The van der Waals surface area contributed by atoms with Gasteiger partial charge < -0.3 is 20.1 Å². The average molecular weight is 431 g/mol. The van der Waals surface area contributed by atoms with E-state index < -0.39 is 11.6 Å². The van der Waals surface area contributed by atoms with Gasteiger partial charge in [-0.05, 0) is 25.0 Å². The van der Waals surface area contributed by atoms with Crippen LogP contribution in [0, 0.1) is 11.6 Å². The van der Waals surface area contributed by atoms with Gasteiger partial charge in [-0.2, -0.15) is 0 Å². The molecule has 0 saturated carbocycles. The van der Waals surface area contributed by atoms with Gasteiger partial charge in [0.25, 0.3) is 0 Å². The predicted molar refractivity (Wildman–Crippen MR) is 113 cm³/mol. The monoisotopic (exact) mass is 430 g/mol. The SMILES string of the molecule is O=C(NC1CCc2nc(-c3ccc(F)cc3F)cn2C1)N1CCC(N2CCNCC2)C1. The molecule has 2 atom stereocenters. The van der Waals surface area contributed by atoms with Crippen LogP contribution in [0.1, 0.15) is 18.7 Å². The number of hydrogen-bond donors (Lipinski definition) is 2. The third-order valence-electron chi connectivity index (χ3n) is 6.65. The Bertz CT molecular complexity index is 957. The number of carbonyl (C=O) groups is 1. The van der Waals surface area contributed by atoms with Gasteiger partial charge in [0.1, 0.15) is 17.5 Å². The van der Waals surface area contributed by atoms with E-state index in [1.807, 2.05) is 9.47 Å². The molecule has 0 bridgehead atoms. The Kier molecular flexibility index (Phi) is 5.62. The predicted octanol–water partition coefficient (Wildman–Crippen LogP) is 1.83. The van der Waals surface area contributed by atoms with Crippen LogP contribution in [0.25, 0.3) is 11.3 Å². The molecule has 5 rings (SSSR count). The van der Waals surface area contributed by atoms with Gasteiger partial charge in [0, 0.05) is 82.1 Å². The fourth-order valence-electron chi connectivity index (χ4n) is 4.93. The molecule has 2 N–H and O–H groups in total. The zero-order chi connectivity index (χ0) is 21.4. The van der Waals surface area contributed by atoms with Gasteiger partial charge >= 0.3 is 6.03 Å². The van der Waals surface area contributed by atoms with E-state index in [0.29, 0.717) is 30.3 Å². The van der Waals surface area contributed by atoms with Crippen molar-refractivity contribution in [3.05, 3.63) is 41.9 Å². The Labute approximate surface area is 180 Å². The third-order valence-corrected chi connectivity index (χ3v) is 6.65. The van der Waals surface area contributed by atoms with Gasteiger partial charge in [0.15, 0.2) is 0 Å². The summed E-state index contributed by atoms with van der Waals surface area (Å²) in [5.41, 5.74) is 0.790. The number of imidazole rings is 1. The number of nitrogens with zero attached hydrogens (tertiary/aromatic N) is 4. The van der Waals surface area contributed by atoms with Crippen molar-refractivity contribution < 1.29 is 13.6 Å². The van der Waals surface area contributed by atoms with Crippen molar-refractivity contribution in [2.24, 2.45) is 0 Å². The van der Waals surface area contributed by atoms with Gasteiger partial charge in [-0.25, -0.2) is 18.6 Å². The van der Waals surface area contributed by atoms with Crippen molar-refractivity contribution >= 4 is 6.03 Å². The number of hydrogen-bond acceptors (Lipinski definition) is 4. The molecule has 9 heteroatoms. The number of aromatic nitrogens is 2. The quantitative estimate of drug-likeness (QED) is 0.780. The lowest BCUT2D eigenvalue weighted by Crippen LogP contribution is -2.51. The fraction of sp³-hybridized carbons (Fsp3) is 0.545. The lowest BCUT2D eigenvalue weighted by Gasteiger charge is -2.32. The van der Waals surface area contributed by atoms with E-state index in [2.05, 4.69) is 20.5 Å². The number of likely N-dealkylation sites (tertiary alicyclic amines) is 1. The zero-order valence-electron chi connectivity index (χ0n) is 17.5. The number of urea groups is 1. The second-order valence-corrected chi connectivity index (χ2v) is 8.68. The molecule has 3 aliphatic rings. The van der Waals surface area contributed by atoms with Crippen LogP contribution in [-0.2, 0) is 13.0 Å². The van der Waals surface area contributed by atoms with Gasteiger partial charge in [0.05, 0.1) is 5.69 Å². The molecule has 2 amide bonds. The lowest BCUT2D eigenvalue weighted by molar-refractivity contribution is 0.167. The number of benzene rings is 1. The van der Waals surface area contributed by atoms with Crippen LogP contribution < -0.4 is 10.6 Å².